The fraction of sp³-hybridized carbons (Fsp3) is 0.643. The molecule has 0 saturated carbocycles. The van der Waals surface area contributed by atoms with E-state index in [2.05, 4.69) is 41.2 Å². The molecule has 6 nitrogen and oxygen atoms in total. The number of nitrogens with zero attached hydrogens (tertiary/aromatic N) is 3. The van der Waals surface area contributed by atoms with Gasteiger partial charge in [-0.25, -0.2) is 4.98 Å². The van der Waals surface area contributed by atoms with E-state index in [0.29, 0.717) is 5.82 Å². The van der Waals surface area contributed by atoms with E-state index >= 15 is 0 Å². The van der Waals surface area contributed by atoms with Gasteiger partial charge >= 0.3 is 0 Å². The predicted octanol–water partition coefficient (Wildman–Crippen LogP) is 0.113. The Bertz CT molecular complexity index is 429. The second-order valence-electron chi connectivity index (χ2n) is 5.73. The summed E-state index contributed by atoms with van der Waals surface area (Å²) in [5.74, 6) is 6.42. The number of nitrogens with one attached hydrogen (secondary N) is 1. The summed E-state index contributed by atoms with van der Waals surface area (Å²) in [4.78, 5) is 8.93. The van der Waals surface area contributed by atoms with Gasteiger partial charge in [0.25, 0.3) is 0 Å². The fourth-order valence-electron chi connectivity index (χ4n) is 3.05. The van der Waals surface area contributed by atoms with Crippen molar-refractivity contribution in [1.82, 2.24) is 20.2 Å². The molecule has 2 atom stereocenters. The molecule has 112 valence electrons. The van der Waals surface area contributed by atoms with Gasteiger partial charge in [-0.15, -0.1) is 0 Å². The second-order valence-corrected chi connectivity index (χ2v) is 5.73. The molecule has 5 N–H and O–H groups in total. The topological polar surface area (TPSA) is 83.4 Å². The Morgan fingerprint density at radius 1 is 1.40 bits per heavy atom. The zero-order valence-corrected chi connectivity index (χ0v) is 12.6. The molecule has 1 fully saturated rings. The first kappa shape index (κ1) is 15.2. The number of nitrogen functional groups attached to an aromatic ring is 1. The molecule has 0 bridgehead atoms. The molecule has 1 saturated heterocycles. The van der Waals surface area contributed by atoms with Gasteiger partial charge in [0.1, 0.15) is 5.82 Å². The van der Waals surface area contributed by atoms with Crippen LogP contribution < -0.4 is 17.0 Å². The van der Waals surface area contributed by atoms with Gasteiger partial charge in [-0.3, -0.25) is 11.3 Å². The van der Waals surface area contributed by atoms with Crippen molar-refractivity contribution in [3.05, 3.63) is 23.4 Å². The Morgan fingerprint density at radius 3 is 2.80 bits per heavy atom. The summed E-state index contributed by atoms with van der Waals surface area (Å²) in [7, 11) is 4.30. The lowest BCUT2D eigenvalue weighted by Gasteiger charge is -2.35. The number of anilines is 1. The molecule has 0 aromatic carbocycles. The highest BCUT2D eigenvalue weighted by atomic mass is 15.3. The number of aryl methyl sites for hydroxylation is 1. The van der Waals surface area contributed by atoms with Crippen molar-refractivity contribution in [2.75, 3.05) is 39.5 Å². The van der Waals surface area contributed by atoms with Crippen molar-refractivity contribution in [3.63, 3.8) is 0 Å². The molecule has 0 radical (unpaired) electrons. The lowest BCUT2D eigenvalue weighted by molar-refractivity contribution is 0.178. The van der Waals surface area contributed by atoms with Crippen LogP contribution in [0.5, 0.6) is 0 Å². The van der Waals surface area contributed by atoms with Gasteiger partial charge in [0, 0.05) is 24.3 Å². The normalized spacial score (nSPS) is 23.5. The first-order chi connectivity index (χ1) is 9.54. The van der Waals surface area contributed by atoms with E-state index < -0.39 is 0 Å². The van der Waals surface area contributed by atoms with Crippen molar-refractivity contribution < 1.29 is 0 Å². The van der Waals surface area contributed by atoms with Crippen LogP contribution in [-0.2, 0) is 0 Å². The monoisotopic (exact) mass is 278 g/mol. The summed E-state index contributed by atoms with van der Waals surface area (Å²) in [5.41, 5.74) is 11.2. The van der Waals surface area contributed by atoms with Gasteiger partial charge < -0.3 is 15.5 Å². The Balaban J connectivity index is 2.35. The lowest BCUT2D eigenvalue weighted by atomic mass is 9.95. The molecular formula is C14H26N6. The maximum Gasteiger partial charge on any atom is 0.128 e. The number of hydrogen-bond donors (Lipinski definition) is 3. The highest BCUT2D eigenvalue weighted by molar-refractivity contribution is 5.46. The van der Waals surface area contributed by atoms with Crippen LogP contribution in [0.3, 0.4) is 0 Å². The van der Waals surface area contributed by atoms with E-state index in [4.69, 9.17) is 11.6 Å². The number of hydrogen-bond acceptors (Lipinski definition) is 6. The van der Waals surface area contributed by atoms with E-state index in [9.17, 15) is 0 Å². The molecule has 6 heteroatoms. The molecule has 2 rings (SSSR count). The first-order valence-electron chi connectivity index (χ1n) is 7.10. The highest BCUT2D eigenvalue weighted by Gasteiger charge is 2.31. The van der Waals surface area contributed by atoms with Crippen molar-refractivity contribution in [1.29, 1.82) is 0 Å². The Hall–Kier alpha value is -1.21. The second kappa shape index (κ2) is 6.49. The molecule has 0 amide bonds. The third-order valence-electron chi connectivity index (χ3n) is 4.23. The number of aromatic nitrogens is 1. The molecular weight excluding hydrogens is 252 g/mol. The predicted molar refractivity (Wildman–Crippen MR) is 82.0 cm³/mol. The average Bonchev–Trinajstić information content (AvgIpc) is 2.56. The molecule has 20 heavy (non-hydrogen) atoms. The van der Waals surface area contributed by atoms with Crippen LogP contribution in [0.25, 0.3) is 0 Å². The van der Waals surface area contributed by atoms with Crippen LogP contribution in [0.15, 0.2) is 12.3 Å². The minimum Gasteiger partial charge on any atom is -0.383 e. The minimum atomic E-state index is -0.0192. The van der Waals surface area contributed by atoms with E-state index in [1.54, 1.807) is 6.20 Å². The van der Waals surface area contributed by atoms with Crippen LogP contribution in [-0.4, -0.2) is 54.6 Å². The molecule has 1 aromatic rings. The van der Waals surface area contributed by atoms with Gasteiger partial charge in [-0.05, 0) is 52.2 Å². The van der Waals surface area contributed by atoms with Gasteiger partial charge in [-0.1, -0.05) is 0 Å². The van der Waals surface area contributed by atoms with E-state index in [1.807, 2.05) is 6.07 Å². The summed E-state index contributed by atoms with van der Waals surface area (Å²) in [5, 5.41) is 0. The molecule has 1 aliphatic rings. The fourth-order valence-corrected chi connectivity index (χ4v) is 3.05. The van der Waals surface area contributed by atoms with Gasteiger partial charge in [0.15, 0.2) is 0 Å². The Labute approximate surface area is 121 Å². The quantitative estimate of drug-likeness (QED) is 0.538. The number of rotatable bonds is 3. The highest BCUT2D eigenvalue weighted by Crippen LogP contribution is 2.28. The van der Waals surface area contributed by atoms with Crippen LogP contribution in [0.1, 0.15) is 23.6 Å². The molecule has 2 heterocycles. The van der Waals surface area contributed by atoms with Crippen LogP contribution >= 0.6 is 0 Å². The third kappa shape index (κ3) is 3.09. The summed E-state index contributed by atoms with van der Waals surface area (Å²) in [6.07, 6.45) is 2.91. The number of nitrogens with two attached hydrogens (primary N) is 2. The first-order valence-corrected chi connectivity index (χ1v) is 7.10. The maximum atomic E-state index is 6.08. The molecule has 0 aliphatic carbocycles. The SMILES string of the molecule is Cc1ccnc(N)c1C(NN)C1CN(C)CCCN1C. The zero-order valence-electron chi connectivity index (χ0n) is 12.6. The maximum absolute atomic E-state index is 6.08. The molecule has 1 aliphatic heterocycles. The van der Waals surface area contributed by atoms with Crippen LogP contribution in [0.2, 0.25) is 0 Å². The Morgan fingerprint density at radius 2 is 2.15 bits per heavy atom. The van der Waals surface area contributed by atoms with Gasteiger partial charge in [0.2, 0.25) is 0 Å². The van der Waals surface area contributed by atoms with Crippen molar-refractivity contribution in [2.45, 2.75) is 25.4 Å². The Kier molecular flexibility index (Phi) is 4.93. The lowest BCUT2D eigenvalue weighted by Crippen LogP contribution is -2.49. The number of hydrazine groups is 1. The van der Waals surface area contributed by atoms with Crippen LogP contribution in [0, 0.1) is 6.92 Å². The van der Waals surface area contributed by atoms with Gasteiger partial charge in [0.05, 0.1) is 6.04 Å². The molecule has 2 unspecified atom stereocenters. The summed E-state index contributed by atoms with van der Waals surface area (Å²) in [6, 6.07) is 2.24. The third-order valence-corrected chi connectivity index (χ3v) is 4.23. The number of pyridine rings is 1. The van der Waals surface area contributed by atoms with E-state index in [0.717, 1.165) is 30.8 Å². The standard InChI is InChI=1S/C14H26N6/c1-10-5-6-17-14(15)12(10)13(18-16)11-9-19(2)7-4-8-20(11)3/h5-6,11,13,18H,4,7-9,16H2,1-3H3,(H2,15,17). The molecule has 1 aromatic heterocycles. The van der Waals surface area contributed by atoms with Crippen molar-refractivity contribution in [3.8, 4) is 0 Å². The van der Waals surface area contributed by atoms with E-state index in [1.165, 1.54) is 6.42 Å². The van der Waals surface area contributed by atoms with Crippen LogP contribution in [0.4, 0.5) is 5.82 Å². The van der Waals surface area contributed by atoms with Gasteiger partial charge in [-0.2, -0.15) is 0 Å². The smallest absolute Gasteiger partial charge is 0.128 e. The minimum absolute atomic E-state index is 0.0192. The summed E-state index contributed by atoms with van der Waals surface area (Å²) >= 11 is 0. The largest absolute Gasteiger partial charge is 0.383 e. The number of likely N-dealkylation sites (N-methyl/N-ethyl adjacent to an activating group) is 2. The summed E-state index contributed by atoms with van der Waals surface area (Å²) in [6.45, 7) is 5.18. The molecule has 0 spiro atoms. The van der Waals surface area contributed by atoms with E-state index in [-0.39, 0.29) is 12.1 Å². The summed E-state index contributed by atoms with van der Waals surface area (Å²) < 4.78 is 0. The average molecular weight is 278 g/mol. The van der Waals surface area contributed by atoms with Crippen molar-refractivity contribution >= 4 is 5.82 Å². The van der Waals surface area contributed by atoms with Crippen molar-refractivity contribution in [2.24, 2.45) is 5.84 Å². The zero-order chi connectivity index (χ0) is 14.7.